The molecule has 102 valence electrons. The number of halogens is 1. The van der Waals surface area contributed by atoms with Crippen LogP contribution in [-0.2, 0) is 0 Å². The lowest BCUT2D eigenvalue weighted by Crippen LogP contribution is -2.07. The normalized spacial score (nSPS) is 11.7. The highest BCUT2D eigenvalue weighted by Gasteiger charge is 2.11. The average molecular weight is 270 g/mol. The Labute approximate surface area is 117 Å². The molecule has 2 rings (SSSR count). The van der Waals surface area contributed by atoms with Gasteiger partial charge in [-0.25, -0.2) is 4.39 Å². The number of hydrogen-bond donors (Lipinski definition) is 2. The summed E-state index contributed by atoms with van der Waals surface area (Å²) in [6, 6.07) is 11.3. The molecule has 0 heterocycles. The number of aryl methyl sites for hydroxylation is 1. The van der Waals surface area contributed by atoms with Crippen LogP contribution in [0, 0.1) is 24.1 Å². The molecule has 2 N–H and O–H groups in total. The zero-order valence-corrected chi connectivity index (χ0v) is 11.3. The monoisotopic (exact) mass is 270 g/mol. The number of nitrogens with zero attached hydrogens (tertiary/aromatic N) is 1. The Hall–Kier alpha value is -2.54. The molecule has 3 nitrogen and oxygen atoms in total. The molecule has 0 spiro atoms. The van der Waals surface area contributed by atoms with E-state index in [0.717, 1.165) is 11.1 Å². The Kier molecular flexibility index (Phi) is 3.90. The van der Waals surface area contributed by atoms with E-state index in [0.29, 0.717) is 5.69 Å². The fraction of sp³-hybridized carbons (Fsp3) is 0.188. The highest BCUT2D eigenvalue weighted by atomic mass is 19.1. The third-order valence-electron chi connectivity index (χ3n) is 3.12. The number of anilines is 1. The first kappa shape index (κ1) is 13.9. The van der Waals surface area contributed by atoms with Crippen LogP contribution in [0.25, 0.3) is 0 Å². The lowest BCUT2D eigenvalue weighted by atomic mass is 10.0. The van der Waals surface area contributed by atoms with Gasteiger partial charge >= 0.3 is 0 Å². The number of rotatable bonds is 3. The van der Waals surface area contributed by atoms with Gasteiger partial charge in [-0.15, -0.1) is 0 Å². The summed E-state index contributed by atoms with van der Waals surface area (Å²) in [5, 5.41) is 21.8. The minimum absolute atomic E-state index is 0.00401. The maximum atomic E-state index is 13.3. The van der Waals surface area contributed by atoms with Gasteiger partial charge in [0, 0.05) is 11.3 Å². The van der Waals surface area contributed by atoms with E-state index in [1.807, 2.05) is 26.0 Å². The summed E-state index contributed by atoms with van der Waals surface area (Å²) in [6.07, 6.45) is 0. The van der Waals surface area contributed by atoms with Crippen molar-refractivity contribution < 1.29 is 9.50 Å². The Morgan fingerprint density at radius 2 is 2.00 bits per heavy atom. The van der Waals surface area contributed by atoms with E-state index in [-0.39, 0.29) is 17.4 Å². The van der Waals surface area contributed by atoms with Gasteiger partial charge in [-0.2, -0.15) is 5.26 Å². The summed E-state index contributed by atoms with van der Waals surface area (Å²) in [7, 11) is 0. The molecular weight excluding hydrogens is 255 g/mol. The maximum Gasteiger partial charge on any atom is 0.141 e. The molecule has 2 aromatic rings. The van der Waals surface area contributed by atoms with Gasteiger partial charge in [-0.1, -0.05) is 17.7 Å². The van der Waals surface area contributed by atoms with E-state index in [2.05, 4.69) is 5.32 Å². The van der Waals surface area contributed by atoms with Gasteiger partial charge < -0.3 is 10.4 Å². The van der Waals surface area contributed by atoms with Crippen molar-refractivity contribution in [1.29, 1.82) is 5.26 Å². The Morgan fingerprint density at radius 1 is 1.25 bits per heavy atom. The van der Waals surface area contributed by atoms with Crippen molar-refractivity contribution >= 4 is 5.69 Å². The second-order valence-electron chi connectivity index (χ2n) is 4.73. The second kappa shape index (κ2) is 5.62. The molecule has 20 heavy (non-hydrogen) atoms. The van der Waals surface area contributed by atoms with Crippen LogP contribution in [0.15, 0.2) is 36.4 Å². The summed E-state index contributed by atoms with van der Waals surface area (Å²) >= 11 is 0. The van der Waals surface area contributed by atoms with Gasteiger partial charge in [0.25, 0.3) is 0 Å². The Bertz CT molecular complexity index is 677. The minimum atomic E-state index is -0.538. The lowest BCUT2D eigenvalue weighted by molar-refractivity contribution is 0.465. The zero-order chi connectivity index (χ0) is 14.7. The van der Waals surface area contributed by atoms with Gasteiger partial charge in [0.2, 0.25) is 0 Å². The molecule has 0 aliphatic heterocycles. The highest BCUT2D eigenvalue weighted by molar-refractivity contribution is 5.52. The van der Waals surface area contributed by atoms with Crippen molar-refractivity contribution in [2.45, 2.75) is 19.9 Å². The molecule has 0 amide bonds. The summed E-state index contributed by atoms with van der Waals surface area (Å²) in [4.78, 5) is 0. The quantitative estimate of drug-likeness (QED) is 0.889. The van der Waals surface area contributed by atoms with Crippen LogP contribution in [0.2, 0.25) is 0 Å². The first-order chi connectivity index (χ1) is 9.51. The number of aromatic hydroxyl groups is 1. The number of benzene rings is 2. The predicted molar refractivity (Wildman–Crippen MR) is 76.0 cm³/mol. The molecule has 0 aromatic heterocycles. The van der Waals surface area contributed by atoms with Gasteiger partial charge in [-0.05, 0) is 38.1 Å². The van der Waals surface area contributed by atoms with E-state index in [1.165, 1.54) is 12.1 Å². The van der Waals surface area contributed by atoms with Crippen molar-refractivity contribution in [3.63, 3.8) is 0 Å². The first-order valence-electron chi connectivity index (χ1n) is 6.27. The van der Waals surface area contributed by atoms with Crippen molar-refractivity contribution in [1.82, 2.24) is 0 Å². The SMILES string of the molecule is Cc1ccc(O)c(C(C)Nc2ccc(F)c(C#N)c2)c1. The third-order valence-corrected chi connectivity index (χ3v) is 3.12. The topological polar surface area (TPSA) is 56.0 Å². The van der Waals surface area contributed by atoms with Crippen LogP contribution >= 0.6 is 0 Å². The van der Waals surface area contributed by atoms with Crippen LogP contribution in [0.1, 0.15) is 29.7 Å². The molecule has 0 saturated heterocycles. The highest BCUT2D eigenvalue weighted by Crippen LogP contribution is 2.28. The third kappa shape index (κ3) is 2.89. The van der Waals surface area contributed by atoms with Crippen molar-refractivity contribution in [3.8, 4) is 11.8 Å². The summed E-state index contributed by atoms with van der Waals surface area (Å²) in [6.45, 7) is 3.84. The first-order valence-corrected chi connectivity index (χ1v) is 6.27. The van der Waals surface area contributed by atoms with E-state index < -0.39 is 5.82 Å². The zero-order valence-electron chi connectivity index (χ0n) is 11.3. The molecule has 0 bridgehead atoms. The number of nitrogens with one attached hydrogen (secondary N) is 1. The van der Waals surface area contributed by atoms with Gasteiger partial charge in [0.05, 0.1) is 11.6 Å². The number of hydrogen-bond acceptors (Lipinski definition) is 3. The fourth-order valence-electron chi connectivity index (χ4n) is 2.05. The molecule has 0 aliphatic rings. The molecule has 0 saturated carbocycles. The van der Waals surface area contributed by atoms with Crippen molar-refractivity contribution in [2.75, 3.05) is 5.32 Å². The second-order valence-corrected chi connectivity index (χ2v) is 4.73. The summed E-state index contributed by atoms with van der Waals surface area (Å²) < 4.78 is 13.3. The smallest absolute Gasteiger partial charge is 0.141 e. The molecule has 0 radical (unpaired) electrons. The van der Waals surface area contributed by atoms with Crippen LogP contribution in [-0.4, -0.2) is 5.11 Å². The van der Waals surface area contributed by atoms with Gasteiger partial charge in [-0.3, -0.25) is 0 Å². The molecular formula is C16H15FN2O. The molecule has 1 atom stereocenters. The Balaban J connectivity index is 2.26. The van der Waals surface area contributed by atoms with Crippen LogP contribution in [0.4, 0.5) is 10.1 Å². The maximum absolute atomic E-state index is 13.3. The van der Waals surface area contributed by atoms with E-state index in [9.17, 15) is 9.50 Å². The van der Waals surface area contributed by atoms with E-state index in [4.69, 9.17) is 5.26 Å². The summed E-state index contributed by atoms with van der Waals surface area (Å²) in [5.74, 6) is -0.331. The Morgan fingerprint density at radius 3 is 2.70 bits per heavy atom. The molecule has 4 heteroatoms. The average Bonchev–Trinajstić information content (AvgIpc) is 2.43. The molecule has 2 aromatic carbocycles. The van der Waals surface area contributed by atoms with E-state index in [1.54, 1.807) is 18.2 Å². The fourth-order valence-corrected chi connectivity index (χ4v) is 2.05. The van der Waals surface area contributed by atoms with Crippen molar-refractivity contribution in [2.24, 2.45) is 0 Å². The summed E-state index contributed by atoms with van der Waals surface area (Å²) in [5.41, 5.74) is 2.43. The predicted octanol–water partition coefficient (Wildman–Crippen LogP) is 3.88. The van der Waals surface area contributed by atoms with E-state index >= 15 is 0 Å². The number of phenolic OH excluding ortho intramolecular Hbond substituents is 1. The standard InChI is InChI=1S/C16H15FN2O/c1-10-3-6-16(20)14(7-10)11(2)19-13-4-5-15(17)12(8-13)9-18/h3-8,11,19-20H,1-2H3. The molecule has 0 aliphatic carbocycles. The van der Waals surface area contributed by atoms with Crippen molar-refractivity contribution in [3.05, 3.63) is 58.9 Å². The number of nitriles is 1. The van der Waals surface area contributed by atoms with Crippen LogP contribution in [0.5, 0.6) is 5.75 Å². The number of phenols is 1. The molecule has 1 unspecified atom stereocenters. The van der Waals surface area contributed by atoms with Crippen LogP contribution < -0.4 is 5.32 Å². The van der Waals surface area contributed by atoms with Gasteiger partial charge in [0.1, 0.15) is 17.6 Å². The lowest BCUT2D eigenvalue weighted by Gasteiger charge is -2.17. The largest absolute Gasteiger partial charge is 0.508 e. The minimum Gasteiger partial charge on any atom is -0.508 e. The molecule has 0 fully saturated rings. The van der Waals surface area contributed by atoms with Crippen LogP contribution in [0.3, 0.4) is 0 Å². The van der Waals surface area contributed by atoms with Gasteiger partial charge in [0.15, 0.2) is 0 Å².